The molecule has 0 aliphatic rings. The fraction of sp³-hybridized carbons (Fsp3) is 0.158. The molecule has 9 heteroatoms. The third-order valence-corrected chi connectivity index (χ3v) is 4.78. The SMILES string of the molecule is CCOc1ccc(Nc2nn3c(=O)c(-c4ccc(OC)cc4)nnc3s2)cc1. The van der Waals surface area contributed by atoms with Crippen molar-refractivity contribution in [1.82, 2.24) is 19.8 Å². The van der Waals surface area contributed by atoms with Crippen LogP contribution in [-0.2, 0) is 0 Å². The molecule has 1 N–H and O–H groups in total. The van der Waals surface area contributed by atoms with Crippen LogP contribution in [0.5, 0.6) is 11.5 Å². The average molecular weight is 395 g/mol. The molecule has 0 amide bonds. The molecule has 142 valence electrons. The Hall–Kier alpha value is -3.46. The van der Waals surface area contributed by atoms with Gasteiger partial charge in [0.25, 0.3) is 0 Å². The van der Waals surface area contributed by atoms with Gasteiger partial charge < -0.3 is 14.8 Å². The minimum Gasteiger partial charge on any atom is -0.497 e. The van der Waals surface area contributed by atoms with Crippen LogP contribution in [0.15, 0.2) is 53.3 Å². The molecule has 0 aliphatic heterocycles. The van der Waals surface area contributed by atoms with Crippen LogP contribution in [0.25, 0.3) is 16.2 Å². The topological polar surface area (TPSA) is 90.6 Å². The Morgan fingerprint density at radius 1 is 1.04 bits per heavy atom. The summed E-state index contributed by atoms with van der Waals surface area (Å²) in [6.07, 6.45) is 0. The largest absolute Gasteiger partial charge is 0.497 e. The van der Waals surface area contributed by atoms with Gasteiger partial charge in [-0.2, -0.15) is 4.52 Å². The highest BCUT2D eigenvalue weighted by atomic mass is 32.1. The molecule has 0 spiro atoms. The molecule has 0 saturated carbocycles. The van der Waals surface area contributed by atoms with Crippen molar-refractivity contribution >= 4 is 27.1 Å². The lowest BCUT2D eigenvalue weighted by molar-refractivity contribution is 0.340. The quantitative estimate of drug-likeness (QED) is 0.535. The number of anilines is 2. The second kappa shape index (κ2) is 7.65. The summed E-state index contributed by atoms with van der Waals surface area (Å²) in [6.45, 7) is 2.55. The molecule has 0 unspecified atom stereocenters. The Labute approximate surface area is 164 Å². The van der Waals surface area contributed by atoms with E-state index in [9.17, 15) is 4.79 Å². The number of aromatic nitrogens is 4. The maximum Gasteiger partial charge on any atom is 0.302 e. The van der Waals surface area contributed by atoms with E-state index in [0.29, 0.717) is 28.0 Å². The predicted octanol–water partition coefficient (Wildman–Crippen LogP) is 3.36. The van der Waals surface area contributed by atoms with E-state index in [1.54, 1.807) is 31.4 Å². The molecule has 0 radical (unpaired) electrons. The molecule has 4 rings (SSSR count). The van der Waals surface area contributed by atoms with E-state index in [2.05, 4.69) is 20.6 Å². The Balaban J connectivity index is 1.63. The summed E-state index contributed by atoms with van der Waals surface area (Å²) in [5, 5.41) is 16.3. The van der Waals surface area contributed by atoms with Gasteiger partial charge in [-0.1, -0.05) is 11.3 Å². The highest BCUT2D eigenvalue weighted by Gasteiger charge is 2.14. The Kier molecular flexibility index (Phi) is 4.90. The summed E-state index contributed by atoms with van der Waals surface area (Å²) >= 11 is 1.25. The van der Waals surface area contributed by atoms with Crippen molar-refractivity contribution in [1.29, 1.82) is 0 Å². The molecule has 0 fully saturated rings. The number of ether oxygens (including phenoxy) is 2. The number of fused-ring (bicyclic) bond motifs is 1. The third-order valence-electron chi connectivity index (χ3n) is 3.97. The van der Waals surface area contributed by atoms with Gasteiger partial charge in [0.05, 0.1) is 13.7 Å². The van der Waals surface area contributed by atoms with Crippen LogP contribution in [0.2, 0.25) is 0 Å². The van der Waals surface area contributed by atoms with Crippen molar-refractivity contribution in [2.75, 3.05) is 19.0 Å². The first-order valence-electron chi connectivity index (χ1n) is 8.59. The Morgan fingerprint density at radius 2 is 1.75 bits per heavy atom. The van der Waals surface area contributed by atoms with E-state index < -0.39 is 0 Å². The normalized spacial score (nSPS) is 10.8. The van der Waals surface area contributed by atoms with Gasteiger partial charge in [0.1, 0.15) is 11.5 Å². The number of nitrogens with zero attached hydrogens (tertiary/aromatic N) is 4. The maximum atomic E-state index is 12.8. The molecule has 2 aromatic heterocycles. The predicted molar refractivity (Wildman–Crippen MR) is 108 cm³/mol. The third kappa shape index (κ3) is 3.52. The minimum atomic E-state index is -0.328. The first-order valence-corrected chi connectivity index (χ1v) is 9.40. The Bertz CT molecular complexity index is 1150. The number of hydrogen-bond acceptors (Lipinski definition) is 8. The monoisotopic (exact) mass is 395 g/mol. The van der Waals surface area contributed by atoms with Gasteiger partial charge in [-0.15, -0.1) is 15.3 Å². The molecule has 0 saturated heterocycles. The van der Waals surface area contributed by atoms with E-state index in [1.165, 1.54) is 15.9 Å². The standard InChI is InChI=1S/C19H17N5O3S/c1-3-27-15-10-6-13(7-11-15)20-18-23-24-17(25)16(21-22-19(24)28-18)12-4-8-14(26-2)9-5-12/h4-11H,3H2,1-2H3,(H,20,23). The highest BCUT2D eigenvalue weighted by molar-refractivity contribution is 7.20. The van der Waals surface area contributed by atoms with E-state index in [1.807, 2.05) is 31.2 Å². The second-order valence-corrected chi connectivity index (χ2v) is 6.72. The molecule has 4 aromatic rings. The van der Waals surface area contributed by atoms with Crippen molar-refractivity contribution in [2.24, 2.45) is 0 Å². The lowest BCUT2D eigenvalue weighted by Crippen LogP contribution is -2.19. The van der Waals surface area contributed by atoms with Crippen LogP contribution in [0.1, 0.15) is 6.92 Å². The number of rotatable bonds is 6. The minimum absolute atomic E-state index is 0.234. The van der Waals surface area contributed by atoms with Gasteiger partial charge >= 0.3 is 5.56 Å². The highest BCUT2D eigenvalue weighted by Crippen LogP contribution is 2.24. The van der Waals surface area contributed by atoms with Gasteiger partial charge in [0, 0.05) is 11.3 Å². The van der Waals surface area contributed by atoms with Crippen molar-refractivity contribution in [3.63, 3.8) is 0 Å². The molecule has 28 heavy (non-hydrogen) atoms. The summed E-state index contributed by atoms with van der Waals surface area (Å²) in [5.74, 6) is 1.50. The van der Waals surface area contributed by atoms with E-state index in [4.69, 9.17) is 9.47 Å². The van der Waals surface area contributed by atoms with E-state index >= 15 is 0 Å². The molecule has 0 bridgehead atoms. The average Bonchev–Trinajstić information content (AvgIpc) is 3.14. The van der Waals surface area contributed by atoms with Crippen molar-refractivity contribution in [2.45, 2.75) is 6.92 Å². The summed E-state index contributed by atoms with van der Waals surface area (Å²) in [5.41, 5.74) is 1.39. The van der Waals surface area contributed by atoms with Crippen LogP contribution >= 0.6 is 11.3 Å². The molecular formula is C19H17N5O3S. The van der Waals surface area contributed by atoms with E-state index in [-0.39, 0.29) is 11.3 Å². The zero-order valence-corrected chi connectivity index (χ0v) is 16.1. The molecule has 8 nitrogen and oxygen atoms in total. The fourth-order valence-corrected chi connectivity index (χ4v) is 3.38. The molecular weight excluding hydrogens is 378 g/mol. The number of benzene rings is 2. The first kappa shape index (κ1) is 17.9. The van der Waals surface area contributed by atoms with Gasteiger partial charge in [-0.05, 0) is 55.5 Å². The number of nitrogens with one attached hydrogen (secondary N) is 1. The van der Waals surface area contributed by atoms with Crippen molar-refractivity contribution < 1.29 is 9.47 Å². The Morgan fingerprint density at radius 3 is 2.43 bits per heavy atom. The van der Waals surface area contributed by atoms with Gasteiger partial charge in [0.2, 0.25) is 10.1 Å². The zero-order chi connectivity index (χ0) is 19.5. The molecule has 2 heterocycles. The van der Waals surface area contributed by atoms with Gasteiger partial charge in [-0.25, -0.2) is 0 Å². The van der Waals surface area contributed by atoms with Crippen molar-refractivity contribution in [3.05, 3.63) is 58.9 Å². The van der Waals surface area contributed by atoms with Crippen LogP contribution in [0.4, 0.5) is 10.8 Å². The summed E-state index contributed by atoms with van der Waals surface area (Å²) < 4.78 is 11.8. The van der Waals surface area contributed by atoms with Crippen LogP contribution in [0.3, 0.4) is 0 Å². The van der Waals surface area contributed by atoms with Crippen LogP contribution in [0, 0.1) is 0 Å². The number of hydrogen-bond donors (Lipinski definition) is 1. The number of methoxy groups -OCH3 is 1. The molecule has 2 aromatic carbocycles. The zero-order valence-electron chi connectivity index (χ0n) is 15.2. The fourth-order valence-electron chi connectivity index (χ4n) is 2.62. The van der Waals surface area contributed by atoms with Crippen LogP contribution < -0.4 is 20.3 Å². The second-order valence-electron chi connectivity index (χ2n) is 5.77. The lowest BCUT2D eigenvalue weighted by atomic mass is 10.1. The van der Waals surface area contributed by atoms with Crippen LogP contribution in [-0.4, -0.2) is 33.5 Å². The smallest absolute Gasteiger partial charge is 0.302 e. The summed E-state index contributed by atoms with van der Waals surface area (Å²) in [4.78, 5) is 13.2. The van der Waals surface area contributed by atoms with Gasteiger partial charge in [-0.3, -0.25) is 4.79 Å². The summed E-state index contributed by atoms with van der Waals surface area (Å²) in [6, 6.07) is 14.6. The first-order chi connectivity index (χ1) is 13.7. The van der Waals surface area contributed by atoms with Gasteiger partial charge in [0.15, 0.2) is 5.69 Å². The lowest BCUT2D eigenvalue weighted by Gasteiger charge is -2.05. The molecule has 0 atom stereocenters. The van der Waals surface area contributed by atoms with Crippen molar-refractivity contribution in [3.8, 4) is 22.8 Å². The molecule has 0 aliphatic carbocycles. The summed E-state index contributed by atoms with van der Waals surface area (Å²) in [7, 11) is 1.59. The maximum absolute atomic E-state index is 12.8. The van der Waals surface area contributed by atoms with E-state index in [0.717, 1.165) is 11.4 Å².